The predicted octanol–water partition coefficient (Wildman–Crippen LogP) is 4.29. The molecule has 0 unspecified atom stereocenters. The Balaban J connectivity index is 1.49. The third-order valence-electron chi connectivity index (χ3n) is 5.54. The number of nitrogens with one attached hydrogen (secondary N) is 1. The molecule has 0 aliphatic rings. The molecule has 35 heavy (non-hydrogen) atoms. The van der Waals surface area contributed by atoms with Crippen LogP contribution in [0.15, 0.2) is 77.6 Å². The van der Waals surface area contributed by atoms with E-state index in [-0.39, 0.29) is 30.6 Å². The van der Waals surface area contributed by atoms with Crippen LogP contribution >= 0.6 is 0 Å². The summed E-state index contributed by atoms with van der Waals surface area (Å²) in [6, 6.07) is 20.0. The van der Waals surface area contributed by atoms with Gasteiger partial charge in [-0.15, -0.1) is 0 Å². The maximum absolute atomic E-state index is 13.9. The fourth-order valence-corrected chi connectivity index (χ4v) is 3.55. The number of aromatic nitrogens is 2. The van der Waals surface area contributed by atoms with Gasteiger partial charge in [0.2, 0.25) is 0 Å². The average molecular weight is 474 g/mol. The number of benzene rings is 3. The van der Waals surface area contributed by atoms with Gasteiger partial charge in [0.1, 0.15) is 17.3 Å². The highest BCUT2D eigenvalue weighted by Gasteiger charge is 2.13. The number of H-pyrrole nitrogens is 1. The lowest BCUT2D eigenvalue weighted by atomic mass is 10.1. The molecule has 4 rings (SSSR count). The normalized spacial score (nSPS) is 10.7. The van der Waals surface area contributed by atoms with Crippen LogP contribution in [0.2, 0.25) is 0 Å². The Bertz CT molecular complexity index is 1430. The van der Waals surface area contributed by atoms with Crippen LogP contribution in [0.25, 0.3) is 22.5 Å². The minimum atomic E-state index is -0.514. The van der Waals surface area contributed by atoms with E-state index in [2.05, 4.69) is 9.97 Å². The van der Waals surface area contributed by atoms with Crippen molar-refractivity contribution in [2.45, 2.75) is 13.5 Å². The molecule has 0 aliphatic carbocycles. The smallest absolute Gasteiger partial charge is 0.345 e. The number of hydrogen-bond donors (Lipinski definition) is 2. The molecular weight excluding hydrogens is 449 g/mol. The molecule has 7 nitrogen and oxygen atoms in total. The standard InChI is InChI=1S/C27H24FN3O4/c1-17-12-19(10-11-25(17)32)24-14-23(29-27(34)30-24)18-7-5-8-21(13-18)35-16-26(33)31(2)15-20-6-3-4-9-22(20)28/h3-14,32H,15-16H2,1-2H3,(H,29,30,34). The predicted molar refractivity (Wildman–Crippen MR) is 131 cm³/mol. The Kier molecular flexibility index (Phi) is 6.91. The van der Waals surface area contributed by atoms with Crippen LogP contribution in [0.3, 0.4) is 0 Å². The van der Waals surface area contributed by atoms with Crippen LogP contribution in [0.4, 0.5) is 4.39 Å². The molecule has 0 bridgehead atoms. The van der Waals surface area contributed by atoms with Crippen molar-refractivity contribution in [3.8, 4) is 34.0 Å². The Hall–Kier alpha value is -4.46. The van der Waals surface area contributed by atoms with Gasteiger partial charge in [0.25, 0.3) is 5.91 Å². The Labute approximate surface area is 201 Å². The van der Waals surface area contributed by atoms with E-state index in [4.69, 9.17) is 4.74 Å². The topological polar surface area (TPSA) is 95.5 Å². The van der Waals surface area contributed by atoms with Crippen molar-refractivity contribution < 1.29 is 19.0 Å². The van der Waals surface area contributed by atoms with Gasteiger partial charge in [-0.05, 0) is 55.0 Å². The molecule has 0 aliphatic heterocycles. The number of amides is 1. The second-order valence-electron chi connectivity index (χ2n) is 8.14. The average Bonchev–Trinajstić information content (AvgIpc) is 2.85. The van der Waals surface area contributed by atoms with Crippen molar-refractivity contribution in [1.82, 2.24) is 14.9 Å². The summed E-state index contributed by atoms with van der Waals surface area (Å²) >= 11 is 0. The van der Waals surface area contributed by atoms with Crippen LogP contribution in [-0.2, 0) is 11.3 Å². The Morgan fingerprint density at radius 2 is 1.86 bits per heavy atom. The number of phenols is 1. The summed E-state index contributed by atoms with van der Waals surface area (Å²) in [5.41, 5.74) is 2.94. The first-order valence-electron chi connectivity index (χ1n) is 10.9. The molecule has 1 heterocycles. The number of hydrogen-bond acceptors (Lipinski definition) is 5. The van der Waals surface area contributed by atoms with Crippen molar-refractivity contribution in [3.05, 3.63) is 100 Å². The number of ether oxygens (including phenoxy) is 1. The van der Waals surface area contributed by atoms with E-state index < -0.39 is 5.69 Å². The van der Waals surface area contributed by atoms with Crippen LogP contribution < -0.4 is 10.4 Å². The van der Waals surface area contributed by atoms with Crippen molar-refractivity contribution in [2.75, 3.05) is 13.7 Å². The lowest BCUT2D eigenvalue weighted by molar-refractivity contribution is -0.132. The monoisotopic (exact) mass is 473 g/mol. The minimum absolute atomic E-state index is 0.132. The largest absolute Gasteiger partial charge is 0.508 e. The van der Waals surface area contributed by atoms with Gasteiger partial charge in [0.05, 0.1) is 11.4 Å². The van der Waals surface area contributed by atoms with E-state index in [0.717, 1.165) is 0 Å². The quantitative estimate of drug-likeness (QED) is 0.417. The lowest BCUT2D eigenvalue weighted by Gasteiger charge is -2.18. The van der Waals surface area contributed by atoms with Crippen molar-refractivity contribution in [2.24, 2.45) is 0 Å². The number of aromatic amines is 1. The first kappa shape index (κ1) is 23.7. The molecule has 2 N–H and O–H groups in total. The highest BCUT2D eigenvalue weighted by Crippen LogP contribution is 2.27. The Morgan fingerprint density at radius 3 is 2.63 bits per heavy atom. The van der Waals surface area contributed by atoms with Gasteiger partial charge in [-0.25, -0.2) is 9.18 Å². The zero-order chi connectivity index (χ0) is 24.9. The zero-order valence-electron chi connectivity index (χ0n) is 19.3. The van der Waals surface area contributed by atoms with Gasteiger partial charge < -0.3 is 19.7 Å². The van der Waals surface area contributed by atoms with Gasteiger partial charge in [-0.1, -0.05) is 30.3 Å². The van der Waals surface area contributed by atoms with Gasteiger partial charge in [0.15, 0.2) is 6.61 Å². The number of nitrogens with zero attached hydrogens (tertiary/aromatic N) is 2. The summed E-state index contributed by atoms with van der Waals surface area (Å²) in [6.45, 7) is 1.68. The van der Waals surface area contributed by atoms with Crippen molar-refractivity contribution in [3.63, 3.8) is 0 Å². The summed E-state index contributed by atoms with van der Waals surface area (Å²) in [5.74, 6) is -0.0671. The van der Waals surface area contributed by atoms with Crippen LogP contribution in [0, 0.1) is 12.7 Å². The molecule has 0 spiro atoms. The highest BCUT2D eigenvalue weighted by molar-refractivity contribution is 5.77. The zero-order valence-corrected chi connectivity index (χ0v) is 19.3. The molecule has 3 aromatic carbocycles. The molecule has 0 fully saturated rings. The fourth-order valence-electron chi connectivity index (χ4n) is 3.55. The van der Waals surface area contributed by atoms with Crippen LogP contribution in [-0.4, -0.2) is 39.5 Å². The number of rotatable bonds is 7. The number of likely N-dealkylation sites (N-methyl/N-ethyl adjacent to an activating group) is 1. The number of aromatic hydroxyl groups is 1. The second kappa shape index (κ2) is 10.2. The molecule has 4 aromatic rings. The van der Waals surface area contributed by atoms with Gasteiger partial charge in [0, 0.05) is 30.3 Å². The third-order valence-corrected chi connectivity index (χ3v) is 5.54. The summed E-state index contributed by atoms with van der Waals surface area (Å²) in [7, 11) is 1.59. The number of carbonyl (C=O) groups is 1. The molecule has 8 heteroatoms. The number of carbonyl (C=O) groups excluding carboxylic acids is 1. The molecule has 0 saturated carbocycles. The van der Waals surface area contributed by atoms with Gasteiger partial charge >= 0.3 is 5.69 Å². The molecular formula is C27H24FN3O4. The molecule has 0 radical (unpaired) electrons. The third kappa shape index (κ3) is 5.73. The summed E-state index contributed by atoms with van der Waals surface area (Å²) < 4.78 is 19.5. The van der Waals surface area contributed by atoms with E-state index in [0.29, 0.717) is 39.4 Å². The second-order valence-corrected chi connectivity index (χ2v) is 8.14. The minimum Gasteiger partial charge on any atom is -0.508 e. The van der Waals surface area contributed by atoms with E-state index in [9.17, 15) is 19.1 Å². The Morgan fingerprint density at radius 1 is 1.06 bits per heavy atom. The number of phenolic OH excluding ortho intramolecular Hbond substituents is 1. The molecule has 0 saturated heterocycles. The van der Waals surface area contributed by atoms with E-state index >= 15 is 0 Å². The van der Waals surface area contributed by atoms with Crippen LogP contribution in [0.5, 0.6) is 11.5 Å². The number of halogens is 1. The van der Waals surface area contributed by atoms with Gasteiger partial charge in [-0.2, -0.15) is 4.98 Å². The van der Waals surface area contributed by atoms with Crippen molar-refractivity contribution in [1.29, 1.82) is 0 Å². The van der Waals surface area contributed by atoms with Crippen molar-refractivity contribution >= 4 is 5.91 Å². The van der Waals surface area contributed by atoms with E-state index in [1.807, 2.05) is 0 Å². The highest BCUT2D eigenvalue weighted by atomic mass is 19.1. The lowest BCUT2D eigenvalue weighted by Crippen LogP contribution is -2.31. The molecule has 1 aromatic heterocycles. The van der Waals surface area contributed by atoms with Crippen LogP contribution in [0.1, 0.15) is 11.1 Å². The molecule has 0 atom stereocenters. The van der Waals surface area contributed by atoms with E-state index in [1.165, 1.54) is 11.0 Å². The first-order chi connectivity index (χ1) is 16.8. The first-order valence-corrected chi connectivity index (χ1v) is 10.9. The fraction of sp³-hybridized carbons (Fsp3) is 0.148. The maximum Gasteiger partial charge on any atom is 0.345 e. The maximum atomic E-state index is 13.9. The van der Waals surface area contributed by atoms with E-state index in [1.54, 1.807) is 80.7 Å². The summed E-state index contributed by atoms with van der Waals surface area (Å²) in [5, 5.41) is 9.77. The van der Waals surface area contributed by atoms with Gasteiger partial charge in [-0.3, -0.25) is 4.79 Å². The SMILES string of the molecule is Cc1cc(-c2cc(-c3cccc(OCC(=O)N(C)Cc4ccccc4F)c3)[nH]c(=O)n2)ccc1O. The molecule has 178 valence electrons. The molecule has 1 amide bonds. The number of aryl methyl sites for hydroxylation is 1. The summed E-state index contributed by atoms with van der Waals surface area (Å²) in [6.07, 6.45) is 0. The summed E-state index contributed by atoms with van der Waals surface area (Å²) in [4.78, 5) is 32.9.